The highest BCUT2D eigenvalue weighted by atomic mass is 16.2. The number of fused-ring (bicyclic) bond motifs is 1. The Bertz CT molecular complexity index is 486. The molecule has 1 amide bonds. The molecule has 1 fully saturated rings. The first-order valence-electron chi connectivity index (χ1n) is 7.09. The van der Waals surface area contributed by atoms with Gasteiger partial charge < -0.3 is 15.6 Å². The van der Waals surface area contributed by atoms with E-state index in [-0.39, 0.29) is 17.4 Å². The van der Waals surface area contributed by atoms with Gasteiger partial charge in [0.25, 0.3) is 0 Å². The molecule has 6 heteroatoms. The minimum absolute atomic E-state index is 0.0732. The fourth-order valence-corrected chi connectivity index (χ4v) is 3.04. The SMILES string of the molecule is CC(NC(=O)C1(CN)CCC1)c1nnc2n1CCC2. The number of hydrogen-bond donors (Lipinski definition) is 2. The molecule has 1 unspecified atom stereocenters. The van der Waals surface area contributed by atoms with Gasteiger partial charge in [-0.15, -0.1) is 10.2 Å². The number of amides is 1. The lowest BCUT2D eigenvalue weighted by molar-refractivity contribution is -0.136. The fourth-order valence-electron chi connectivity index (χ4n) is 3.04. The first-order chi connectivity index (χ1) is 9.16. The van der Waals surface area contributed by atoms with Crippen LogP contribution in [0.25, 0.3) is 0 Å². The normalized spacial score (nSPS) is 21.6. The third kappa shape index (κ3) is 1.94. The molecule has 2 heterocycles. The molecule has 3 rings (SSSR count). The van der Waals surface area contributed by atoms with Gasteiger partial charge in [0.05, 0.1) is 11.5 Å². The molecule has 0 aromatic carbocycles. The van der Waals surface area contributed by atoms with Gasteiger partial charge in [0, 0.05) is 19.5 Å². The number of hydrogen-bond acceptors (Lipinski definition) is 4. The van der Waals surface area contributed by atoms with Gasteiger partial charge in [-0.25, -0.2) is 0 Å². The Morgan fingerprint density at radius 3 is 2.89 bits per heavy atom. The number of nitrogens with two attached hydrogens (primary N) is 1. The van der Waals surface area contributed by atoms with Crippen LogP contribution in [0.2, 0.25) is 0 Å². The molecule has 1 aliphatic carbocycles. The summed E-state index contributed by atoms with van der Waals surface area (Å²) in [5.74, 6) is 1.98. The van der Waals surface area contributed by atoms with Gasteiger partial charge in [0.15, 0.2) is 5.82 Å². The molecule has 1 aromatic heterocycles. The van der Waals surface area contributed by atoms with Gasteiger partial charge in [0.1, 0.15) is 5.82 Å². The third-order valence-corrected chi connectivity index (χ3v) is 4.56. The molecular weight excluding hydrogens is 242 g/mol. The highest BCUT2D eigenvalue weighted by Gasteiger charge is 2.43. The van der Waals surface area contributed by atoms with Crippen molar-refractivity contribution in [3.05, 3.63) is 11.6 Å². The summed E-state index contributed by atoms with van der Waals surface area (Å²) in [5.41, 5.74) is 5.43. The Morgan fingerprint density at radius 1 is 1.47 bits per heavy atom. The number of nitrogens with one attached hydrogen (secondary N) is 1. The Morgan fingerprint density at radius 2 is 2.26 bits per heavy atom. The summed E-state index contributed by atoms with van der Waals surface area (Å²) >= 11 is 0. The number of rotatable bonds is 4. The van der Waals surface area contributed by atoms with Crippen LogP contribution in [0.3, 0.4) is 0 Å². The first kappa shape index (κ1) is 12.6. The van der Waals surface area contributed by atoms with Crippen molar-refractivity contribution in [2.75, 3.05) is 6.54 Å². The molecular formula is C13H21N5O. The molecule has 6 nitrogen and oxygen atoms in total. The van der Waals surface area contributed by atoms with Crippen LogP contribution in [0.1, 0.15) is 50.3 Å². The van der Waals surface area contributed by atoms with Crippen LogP contribution >= 0.6 is 0 Å². The largest absolute Gasteiger partial charge is 0.346 e. The lowest BCUT2D eigenvalue weighted by Gasteiger charge is -2.39. The predicted molar refractivity (Wildman–Crippen MR) is 70.2 cm³/mol. The van der Waals surface area contributed by atoms with Gasteiger partial charge in [0.2, 0.25) is 5.91 Å². The molecule has 1 saturated carbocycles. The number of aryl methyl sites for hydroxylation is 1. The standard InChI is InChI=1S/C13H21N5O/c1-9(11-17-16-10-4-2-7-18(10)11)15-12(19)13(8-14)5-3-6-13/h9H,2-8,14H2,1H3,(H,15,19). The minimum Gasteiger partial charge on any atom is -0.346 e. The third-order valence-electron chi connectivity index (χ3n) is 4.56. The van der Waals surface area contributed by atoms with Crippen LogP contribution in [0.15, 0.2) is 0 Å². The number of carbonyl (C=O) groups is 1. The summed E-state index contributed by atoms with van der Waals surface area (Å²) in [6.45, 7) is 3.36. The van der Waals surface area contributed by atoms with E-state index >= 15 is 0 Å². The average Bonchev–Trinajstić information content (AvgIpc) is 2.88. The zero-order valence-corrected chi connectivity index (χ0v) is 11.4. The fraction of sp³-hybridized carbons (Fsp3) is 0.769. The van der Waals surface area contributed by atoms with Crippen LogP contribution < -0.4 is 11.1 Å². The highest BCUT2D eigenvalue weighted by Crippen LogP contribution is 2.40. The van der Waals surface area contributed by atoms with Crippen molar-refractivity contribution in [2.24, 2.45) is 11.1 Å². The summed E-state index contributed by atoms with van der Waals surface area (Å²) in [6, 6.07) is -0.101. The monoisotopic (exact) mass is 263 g/mol. The van der Waals surface area contributed by atoms with E-state index < -0.39 is 0 Å². The molecule has 1 aliphatic heterocycles. The van der Waals surface area contributed by atoms with Gasteiger partial charge in [-0.05, 0) is 26.2 Å². The molecule has 0 bridgehead atoms. The smallest absolute Gasteiger partial charge is 0.228 e. The molecule has 3 N–H and O–H groups in total. The van der Waals surface area contributed by atoms with Crippen LogP contribution in [-0.2, 0) is 17.8 Å². The average molecular weight is 263 g/mol. The van der Waals surface area contributed by atoms with Crippen LogP contribution in [0.5, 0.6) is 0 Å². The molecule has 2 aliphatic rings. The summed E-state index contributed by atoms with van der Waals surface area (Å²) < 4.78 is 2.13. The van der Waals surface area contributed by atoms with Crippen molar-refractivity contribution >= 4 is 5.91 Å². The predicted octanol–water partition coefficient (Wildman–Crippen LogP) is 0.530. The van der Waals surface area contributed by atoms with E-state index in [0.29, 0.717) is 6.54 Å². The molecule has 0 radical (unpaired) electrons. The van der Waals surface area contributed by atoms with Crippen molar-refractivity contribution in [3.8, 4) is 0 Å². The van der Waals surface area contributed by atoms with Crippen molar-refractivity contribution < 1.29 is 4.79 Å². The minimum atomic E-state index is -0.331. The van der Waals surface area contributed by atoms with Crippen LogP contribution in [0.4, 0.5) is 0 Å². The van der Waals surface area contributed by atoms with Crippen molar-refractivity contribution in [2.45, 2.75) is 51.6 Å². The van der Waals surface area contributed by atoms with Gasteiger partial charge in [-0.1, -0.05) is 6.42 Å². The Hall–Kier alpha value is -1.43. The quantitative estimate of drug-likeness (QED) is 0.829. The zero-order valence-electron chi connectivity index (χ0n) is 11.4. The van der Waals surface area contributed by atoms with Crippen LogP contribution in [0, 0.1) is 5.41 Å². The summed E-state index contributed by atoms with van der Waals surface area (Å²) in [7, 11) is 0. The maximum Gasteiger partial charge on any atom is 0.228 e. The van der Waals surface area contributed by atoms with E-state index in [1.54, 1.807) is 0 Å². The van der Waals surface area contributed by atoms with E-state index in [1.165, 1.54) is 0 Å². The summed E-state index contributed by atoms with van der Waals surface area (Å²) in [4.78, 5) is 12.3. The second-order valence-electron chi connectivity index (χ2n) is 5.76. The van der Waals surface area contributed by atoms with Gasteiger partial charge >= 0.3 is 0 Å². The van der Waals surface area contributed by atoms with E-state index in [0.717, 1.165) is 50.3 Å². The Balaban J connectivity index is 1.71. The summed E-state index contributed by atoms with van der Waals surface area (Å²) in [6.07, 6.45) is 5.00. The Kier molecular flexibility index (Phi) is 3.05. The highest BCUT2D eigenvalue weighted by molar-refractivity contribution is 5.84. The maximum absolute atomic E-state index is 12.3. The molecule has 1 atom stereocenters. The molecule has 1 aromatic rings. The molecule has 0 spiro atoms. The van der Waals surface area contributed by atoms with Crippen molar-refractivity contribution in [1.29, 1.82) is 0 Å². The molecule has 19 heavy (non-hydrogen) atoms. The zero-order chi connectivity index (χ0) is 13.5. The number of carbonyl (C=O) groups excluding carboxylic acids is 1. The topological polar surface area (TPSA) is 85.8 Å². The number of aromatic nitrogens is 3. The van der Waals surface area contributed by atoms with Crippen LogP contribution in [-0.4, -0.2) is 27.2 Å². The number of nitrogens with zero attached hydrogens (tertiary/aromatic N) is 3. The molecule has 0 saturated heterocycles. The van der Waals surface area contributed by atoms with Gasteiger partial charge in [-0.3, -0.25) is 4.79 Å². The summed E-state index contributed by atoms with van der Waals surface area (Å²) in [5, 5.41) is 11.5. The first-order valence-corrected chi connectivity index (χ1v) is 7.09. The van der Waals surface area contributed by atoms with E-state index in [9.17, 15) is 4.79 Å². The maximum atomic E-state index is 12.3. The second kappa shape index (κ2) is 4.59. The lowest BCUT2D eigenvalue weighted by atomic mass is 9.68. The van der Waals surface area contributed by atoms with Gasteiger partial charge in [-0.2, -0.15) is 0 Å². The second-order valence-corrected chi connectivity index (χ2v) is 5.76. The molecule has 104 valence electrons. The van der Waals surface area contributed by atoms with E-state index in [4.69, 9.17) is 5.73 Å². The van der Waals surface area contributed by atoms with E-state index in [2.05, 4.69) is 20.1 Å². The van der Waals surface area contributed by atoms with E-state index in [1.807, 2.05) is 6.92 Å². The van der Waals surface area contributed by atoms with Crippen molar-refractivity contribution in [1.82, 2.24) is 20.1 Å². The van der Waals surface area contributed by atoms with Crippen molar-refractivity contribution in [3.63, 3.8) is 0 Å². The Labute approximate surface area is 112 Å². The lowest BCUT2D eigenvalue weighted by Crippen LogP contribution is -2.51.